The summed E-state index contributed by atoms with van der Waals surface area (Å²) in [4.78, 5) is 0. The van der Waals surface area contributed by atoms with Crippen LogP contribution in [0.1, 0.15) is 47.5 Å². The van der Waals surface area contributed by atoms with Gasteiger partial charge in [0.1, 0.15) is 0 Å². The fourth-order valence-electron chi connectivity index (χ4n) is 2.70. The lowest BCUT2D eigenvalue weighted by molar-refractivity contribution is 0.0712. The SMILES string of the molecule is CC(C)CC1[C@H](CN)C[C@H]1NC(C)(C)C. The molecule has 1 saturated carbocycles. The molecule has 0 radical (unpaired) electrons. The lowest BCUT2D eigenvalue weighted by atomic mass is 9.65. The number of nitrogens with two attached hydrogens (primary N) is 1. The standard InChI is InChI=1S/C13H28N2/c1-9(2)6-11-10(8-14)7-12(11)15-13(3,4)5/h9-12,15H,6-8,14H2,1-5H3/t10-,11?,12+/m0/s1. The van der Waals surface area contributed by atoms with Gasteiger partial charge < -0.3 is 11.1 Å². The molecule has 0 amide bonds. The molecular weight excluding hydrogens is 184 g/mol. The van der Waals surface area contributed by atoms with Gasteiger partial charge >= 0.3 is 0 Å². The van der Waals surface area contributed by atoms with Crippen LogP contribution in [0.3, 0.4) is 0 Å². The van der Waals surface area contributed by atoms with Gasteiger partial charge in [-0.05, 0) is 57.9 Å². The fourth-order valence-corrected chi connectivity index (χ4v) is 2.70. The van der Waals surface area contributed by atoms with Crippen LogP contribution in [-0.4, -0.2) is 18.1 Å². The molecule has 3 atom stereocenters. The second kappa shape index (κ2) is 4.84. The van der Waals surface area contributed by atoms with Crippen molar-refractivity contribution in [2.24, 2.45) is 23.5 Å². The molecule has 1 rings (SSSR count). The van der Waals surface area contributed by atoms with Crippen molar-refractivity contribution in [1.82, 2.24) is 5.32 Å². The van der Waals surface area contributed by atoms with E-state index in [1.807, 2.05) is 0 Å². The highest BCUT2D eigenvalue weighted by molar-refractivity contribution is 4.97. The van der Waals surface area contributed by atoms with Gasteiger partial charge in [-0.1, -0.05) is 13.8 Å². The minimum Gasteiger partial charge on any atom is -0.330 e. The lowest BCUT2D eigenvalue weighted by Crippen LogP contribution is -2.58. The highest BCUT2D eigenvalue weighted by atomic mass is 15.0. The second-order valence-corrected chi connectivity index (χ2v) is 6.53. The van der Waals surface area contributed by atoms with Gasteiger partial charge in [-0.15, -0.1) is 0 Å². The molecule has 0 saturated heterocycles. The van der Waals surface area contributed by atoms with Crippen LogP contribution in [0.15, 0.2) is 0 Å². The molecular formula is C13H28N2. The van der Waals surface area contributed by atoms with Gasteiger partial charge in [0.25, 0.3) is 0 Å². The minimum atomic E-state index is 0.236. The average Bonchev–Trinajstić information content (AvgIpc) is 2.06. The maximum Gasteiger partial charge on any atom is 0.0107 e. The molecule has 1 aliphatic carbocycles. The van der Waals surface area contributed by atoms with Crippen LogP contribution in [0.5, 0.6) is 0 Å². The predicted octanol–water partition coefficient (Wildman–Crippen LogP) is 2.38. The van der Waals surface area contributed by atoms with Crippen molar-refractivity contribution in [3.8, 4) is 0 Å². The van der Waals surface area contributed by atoms with Gasteiger partial charge in [-0.25, -0.2) is 0 Å². The van der Waals surface area contributed by atoms with Crippen LogP contribution in [0.2, 0.25) is 0 Å². The van der Waals surface area contributed by atoms with Crippen LogP contribution in [-0.2, 0) is 0 Å². The lowest BCUT2D eigenvalue weighted by Gasteiger charge is -2.48. The molecule has 0 heterocycles. The van der Waals surface area contributed by atoms with Gasteiger partial charge in [-0.2, -0.15) is 0 Å². The van der Waals surface area contributed by atoms with Crippen molar-refractivity contribution in [2.45, 2.75) is 59.0 Å². The summed E-state index contributed by atoms with van der Waals surface area (Å²) in [5.41, 5.74) is 6.03. The Bertz CT molecular complexity index is 193. The third-order valence-corrected chi connectivity index (χ3v) is 3.34. The van der Waals surface area contributed by atoms with E-state index in [4.69, 9.17) is 5.73 Å². The van der Waals surface area contributed by atoms with E-state index < -0.39 is 0 Å². The molecule has 15 heavy (non-hydrogen) atoms. The highest BCUT2D eigenvalue weighted by Gasteiger charge is 2.41. The maximum atomic E-state index is 5.80. The first-order chi connectivity index (χ1) is 6.83. The number of hydrogen-bond donors (Lipinski definition) is 2. The van der Waals surface area contributed by atoms with Crippen molar-refractivity contribution < 1.29 is 0 Å². The van der Waals surface area contributed by atoms with Gasteiger partial charge in [0.2, 0.25) is 0 Å². The molecule has 1 aliphatic rings. The van der Waals surface area contributed by atoms with E-state index in [9.17, 15) is 0 Å². The normalized spacial score (nSPS) is 31.8. The Hall–Kier alpha value is -0.0800. The van der Waals surface area contributed by atoms with Crippen molar-refractivity contribution in [1.29, 1.82) is 0 Å². The summed E-state index contributed by atoms with van der Waals surface area (Å²) in [6.45, 7) is 12.2. The van der Waals surface area contributed by atoms with E-state index in [1.165, 1.54) is 12.8 Å². The monoisotopic (exact) mass is 212 g/mol. The van der Waals surface area contributed by atoms with E-state index in [-0.39, 0.29) is 5.54 Å². The van der Waals surface area contributed by atoms with Crippen molar-refractivity contribution in [3.05, 3.63) is 0 Å². The Labute approximate surface area is 95.0 Å². The van der Waals surface area contributed by atoms with E-state index in [2.05, 4.69) is 39.9 Å². The molecule has 90 valence electrons. The molecule has 0 aromatic heterocycles. The van der Waals surface area contributed by atoms with E-state index in [0.717, 1.165) is 24.3 Å². The summed E-state index contributed by atoms with van der Waals surface area (Å²) in [5.74, 6) is 2.34. The summed E-state index contributed by atoms with van der Waals surface area (Å²) < 4.78 is 0. The molecule has 1 unspecified atom stereocenters. The van der Waals surface area contributed by atoms with Gasteiger partial charge in [0.15, 0.2) is 0 Å². The third kappa shape index (κ3) is 3.76. The van der Waals surface area contributed by atoms with Gasteiger partial charge in [0.05, 0.1) is 0 Å². The molecule has 0 aliphatic heterocycles. The molecule has 2 heteroatoms. The topological polar surface area (TPSA) is 38.0 Å². The summed E-state index contributed by atoms with van der Waals surface area (Å²) >= 11 is 0. The maximum absolute atomic E-state index is 5.80. The smallest absolute Gasteiger partial charge is 0.0107 e. The summed E-state index contributed by atoms with van der Waals surface area (Å²) in [7, 11) is 0. The Balaban J connectivity index is 2.46. The van der Waals surface area contributed by atoms with Crippen molar-refractivity contribution in [3.63, 3.8) is 0 Å². The summed E-state index contributed by atoms with van der Waals surface area (Å²) in [6, 6.07) is 0.695. The first-order valence-corrected chi connectivity index (χ1v) is 6.31. The predicted molar refractivity (Wildman–Crippen MR) is 66.8 cm³/mol. The van der Waals surface area contributed by atoms with Gasteiger partial charge in [0, 0.05) is 11.6 Å². The molecule has 2 nitrogen and oxygen atoms in total. The second-order valence-electron chi connectivity index (χ2n) is 6.53. The molecule has 0 aromatic rings. The zero-order valence-electron chi connectivity index (χ0n) is 11.0. The summed E-state index contributed by atoms with van der Waals surface area (Å²) in [5, 5.41) is 3.72. The quantitative estimate of drug-likeness (QED) is 0.751. The van der Waals surface area contributed by atoms with Crippen LogP contribution in [0.4, 0.5) is 0 Å². The molecule has 1 fully saturated rings. The van der Waals surface area contributed by atoms with Crippen LogP contribution in [0.25, 0.3) is 0 Å². The van der Waals surface area contributed by atoms with E-state index >= 15 is 0 Å². The largest absolute Gasteiger partial charge is 0.330 e. The average molecular weight is 212 g/mol. The first kappa shape index (κ1) is 13.0. The highest BCUT2D eigenvalue weighted by Crippen LogP contribution is 2.39. The first-order valence-electron chi connectivity index (χ1n) is 6.31. The minimum absolute atomic E-state index is 0.236. The molecule has 3 N–H and O–H groups in total. The van der Waals surface area contributed by atoms with Crippen molar-refractivity contribution in [2.75, 3.05) is 6.54 Å². The van der Waals surface area contributed by atoms with Crippen LogP contribution < -0.4 is 11.1 Å². The van der Waals surface area contributed by atoms with Crippen LogP contribution >= 0.6 is 0 Å². The zero-order valence-corrected chi connectivity index (χ0v) is 11.0. The van der Waals surface area contributed by atoms with E-state index in [0.29, 0.717) is 6.04 Å². The Morgan fingerprint density at radius 2 is 1.93 bits per heavy atom. The molecule has 0 spiro atoms. The van der Waals surface area contributed by atoms with Crippen LogP contribution in [0, 0.1) is 17.8 Å². The fraction of sp³-hybridized carbons (Fsp3) is 1.00. The Morgan fingerprint density at radius 1 is 1.33 bits per heavy atom. The number of nitrogens with one attached hydrogen (secondary N) is 1. The molecule has 0 bridgehead atoms. The van der Waals surface area contributed by atoms with E-state index in [1.54, 1.807) is 0 Å². The van der Waals surface area contributed by atoms with Crippen molar-refractivity contribution >= 4 is 0 Å². The Morgan fingerprint density at radius 3 is 2.33 bits per heavy atom. The Kier molecular flexibility index (Phi) is 4.19. The summed E-state index contributed by atoms with van der Waals surface area (Å²) in [6.07, 6.45) is 2.58. The van der Waals surface area contributed by atoms with Gasteiger partial charge in [-0.3, -0.25) is 0 Å². The molecule has 0 aromatic carbocycles. The third-order valence-electron chi connectivity index (χ3n) is 3.34. The number of hydrogen-bond acceptors (Lipinski definition) is 2. The zero-order chi connectivity index (χ0) is 11.6. The number of rotatable bonds is 4.